The Balaban J connectivity index is 2.09. The van der Waals surface area contributed by atoms with E-state index in [0.717, 1.165) is 12.3 Å². The molecule has 0 aliphatic heterocycles. The highest BCUT2D eigenvalue weighted by molar-refractivity contribution is 5.04. The molecule has 1 aliphatic carbocycles. The summed E-state index contributed by atoms with van der Waals surface area (Å²) in [5.74, 6) is 7.40. The fourth-order valence-electron chi connectivity index (χ4n) is 1.55. The molecule has 0 spiro atoms. The lowest BCUT2D eigenvalue weighted by Crippen LogP contribution is -1.85. The van der Waals surface area contributed by atoms with Gasteiger partial charge < -0.3 is 0 Å². The van der Waals surface area contributed by atoms with Crippen LogP contribution < -0.4 is 0 Å². The van der Waals surface area contributed by atoms with Gasteiger partial charge in [0.15, 0.2) is 0 Å². The van der Waals surface area contributed by atoms with Gasteiger partial charge in [-0.15, -0.1) is 5.92 Å². The minimum atomic E-state index is 0.756. The largest absolute Gasteiger partial charge is 0.103 e. The molecule has 0 heterocycles. The fourth-order valence-corrected chi connectivity index (χ4v) is 1.55. The van der Waals surface area contributed by atoms with Crippen LogP contribution in [0.15, 0.2) is 0 Å². The molecule has 0 amide bonds. The molecule has 1 saturated carbocycles. The summed E-state index contributed by atoms with van der Waals surface area (Å²) in [6.45, 7) is 2.22. The van der Waals surface area contributed by atoms with E-state index in [1.165, 1.54) is 38.5 Å². The predicted octanol–water partition coefficient (Wildman–Crippen LogP) is 3.37. The van der Waals surface area contributed by atoms with Gasteiger partial charge in [0, 0.05) is 12.3 Å². The molecule has 62 valence electrons. The van der Waals surface area contributed by atoms with Crippen LogP contribution in [0.2, 0.25) is 0 Å². The first-order chi connectivity index (χ1) is 5.43. The maximum atomic E-state index is 3.37. The molecule has 0 bridgehead atoms. The van der Waals surface area contributed by atoms with E-state index in [4.69, 9.17) is 0 Å². The molecule has 0 atom stereocenters. The van der Waals surface area contributed by atoms with Gasteiger partial charge in [-0.25, -0.2) is 0 Å². The first kappa shape index (κ1) is 8.65. The van der Waals surface area contributed by atoms with Crippen molar-refractivity contribution < 1.29 is 0 Å². The second-order valence-corrected chi connectivity index (χ2v) is 3.41. The minimum absolute atomic E-state index is 0.756. The predicted molar refractivity (Wildman–Crippen MR) is 49.3 cm³/mol. The van der Waals surface area contributed by atoms with Crippen molar-refractivity contribution in [2.75, 3.05) is 0 Å². The van der Waals surface area contributed by atoms with Crippen molar-refractivity contribution >= 4 is 0 Å². The van der Waals surface area contributed by atoms with Gasteiger partial charge in [-0.1, -0.05) is 32.1 Å². The van der Waals surface area contributed by atoms with E-state index in [9.17, 15) is 0 Å². The monoisotopic (exact) mass is 150 g/mol. The van der Waals surface area contributed by atoms with Gasteiger partial charge in [-0.05, 0) is 19.3 Å². The topological polar surface area (TPSA) is 0 Å². The first-order valence-corrected chi connectivity index (χ1v) is 4.92. The van der Waals surface area contributed by atoms with Crippen LogP contribution in [0.25, 0.3) is 0 Å². The van der Waals surface area contributed by atoms with E-state index in [2.05, 4.69) is 18.8 Å². The average Bonchev–Trinajstić information content (AvgIpc) is 2.50. The van der Waals surface area contributed by atoms with Crippen LogP contribution in [-0.2, 0) is 0 Å². The third kappa shape index (κ3) is 3.46. The highest BCUT2D eigenvalue weighted by atomic mass is 14.1. The highest BCUT2D eigenvalue weighted by Gasteiger charge is 2.10. The molecule has 0 aromatic heterocycles. The minimum Gasteiger partial charge on any atom is -0.103 e. The first-order valence-electron chi connectivity index (χ1n) is 4.92. The Morgan fingerprint density at radius 3 is 2.64 bits per heavy atom. The Hall–Kier alpha value is -0.440. The zero-order chi connectivity index (χ0) is 7.94. The summed E-state index contributed by atoms with van der Waals surface area (Å²) in [5.41, 5.74) is 0. The van der Waals surface area contributed by atoms with E-state index < -0.39 is 0 Å². The van der Waals surface area contributed by atoms with E-state index in [1.54, 1.807) is 0 Å². The third-order valence-electron chi connectivity index (χ3n) is 2.32. The smallest absolute Gasteiger partial charge is 0.0202 e. The van der Waals surface area contributed by atoms with Crippen molar-refractivity contribution in [2.24, 2.45) is 5.92 Å². The normalized spacial score (nSPS) is 17.9. The maximum absolute atomic E-state index is 3.37. The summed E-state index contributed by atoms with van der Waals surface area (Å²) in [7, 11) is 0. The van der Waals surface area contributed by atoms with Crippen LogP contribution in [0.1, 0.15) is 51.9 Å². The van der Waals surface area contributed by atoms with Crippen molar-refractivity contribution in [3.8, 4) is 11.8 Å². The van der Waals surface area contributed by atoms with Crippen molar-refractivity contribution in [2.45, 2.75) is 51.9 Å². The van der Waals surface area contributed by atoms with E-state index >= 15 is 0 Å². The summed E-state index contributed by atoms with van der Waals surface area (Å²) in [4.78, 5) is 0. The third-order valence-corrected chi connectivity index (χ3v) is 2.32. The lowest BCUT2D eigenvalue weighted by Gasteiger charge is -1.94. The molecule has 0 nitrogen and oxygen atoms in total. The molecule has 0 aromatic carbocycles. The number of hydrogen-bond acceptors (Lipinski definition) is 0. The lowest BCUT2D eigenvalue weighted by atomic mass is 10.1. The summed E-state index contributed by atoms with van der Waals surface area (Å²) in [6, 6.07) is 0. The Morgan fingerprint density at radius 1 is 1.27 bits per heavy atom. The standard InChI is InChI=1S/C11H18/c1-2-3-4-5-8-11-9-6-7-10-11/h11H,2-4,6-7,9-10H2,1H3. The molecule has 1 rings (SSSR count). The molecule has 0 saturated heterocycles. The van der Waals surface area contributed by atoms with Crippen molar-refractivity contribution in [3.05, 3.63) is 0 Å². The summed E-state index contributed by atoms with van der Waals surface area (Å²) < 4.78 is 0. The van der Waals surface area contributed by atoms with E-state index in [0.29, 0.717) is 0 Å². The zero-order valence-corrected chi connectivity index (χ0v) is 7.53. The lowest BCUT2D eigenvalue weighted by molar-refractivity contribution is 0.709. The molecule has 0 radical (unpaired) electrons. The molecule has 0 N–H and O–H groups in total. The van der Waals surface area contributed by atoms with Gasteiger partial charge in [0.25, 0.3) is 0 Å². The molecule has 0 heteroatoms. The number of unbranched alkanes of at least 4 members (excludes halogenated alkanes) is 2. The second-order valence-electron chi connectivity index (χ2n) is 3.41. The second kappa shape index (κ2) is 5.24. The van der Waals surface area contributed by atoms with Crippen LogP contribution >= 0.6 is 0 Å². The Labute approximate surface area is 70.4 Å². The van der Waals surface area contributed by atoms with Crippen molar-refractivity contribution in [1.29, 1.82) is 0 Å². The van der Waals surface area contributed by atoms with Gasteiger partial charge in [-0.2, -0.15) is 0 Å². The molecule has 0 aromatic rings. The van der Waals surface area contributed by atoms with E-state index in [-0.39, 0.29) is 0 Å². The molecular weight excluding hydrogens is 132 g/mol. The van der Waals surface area contributed by atoms with E-state index in [1.807, 2.05) is 0 Å². The number of rotatable bonds is 2. The Morgan fingerprint density at radius 2 is 2.00 bits per heavy atom. The average molecular weight is 150 g/mol. The van der Waals surface area contributed by atoms with Gasteiger partial charge in [-0.3, -0.25) is 0 Å². The van der Waals surface area contributed by atoms with Crippen LogP contribution in [0.5, 0.6) is 0 Å². The maximum Gasteiger partial charge on any atom is 0.0202 e. The van der Waals surface area contributed by atoms with Crippen LogP contribution in [-0.4, -0.2) is 0 Å². The van der Waals surface area contributed by atoms with Crippen LogP contribution in [0, 0.1) is 17.8 Å². The van der Waals surface area contributed by atoms with Crippen LogP contribution in [0.3, 0.4) is 0 Å². The van der Waals surface area contributed by atoms with Gasteiger partial charge in [0.2, 0.25) is 0 Å². The molecule has 1 fully saturated rings. The fraction of sp³-hybridized carbons (Fsp3) is 0.818. The molecule has 0 unspecified atom stereocenters. The van der Waals surface area contributed by atoms with Gasteiger partial charge in [0.1, 0.15) is 0 Å². The summed E-state index contributed by atoms with van der Waals surface area (Å²) in [6.07, 6.45) is 9.21. The zero-order valence-electron chi connectivity index (χ0n) is 7.53. The SMILES string of the molecule is CCCCC#CC1CCCC1. The molecule has 11 heavy (non-hydrogen) atoms. The van der Waals surface area contributed by atoms with Gasteiger partial charge >= 0.3 is 0 Å². The van der Waals surface area contributed by atoms with Crippen molar-refractivity contribution in [1.82, 2.24) is 0 Å². The van der Waals surface area contributed by atoms with Crippen molar-refractivity contribution in [3.63, 3.8) is 0 Å². The molecule has 1 aliphatic rings. The quantitative estimate of drug-likeness (QED) is 0.418. The van der Waals surface area contributed by atoms with Crippen LogP contribution in [0.4, 0.5) is 0 Å². The van der Waals surface area contributed by atoms with Gasteiger partial charge in [0.05, 0.1) is 0 Å². The Kier molecular flexibility index (Phi) is 4.12. The summed E-state index contributed by atoms with van der Waals surface area (Å²) in [5, 5.41) is 0. The molecular formula is C11H18. The Bertz CT molecular complexity index is 141. The highest BCUT2D eigenvalue weighted by Crippen LogP contribution is 2.23. The number of hydrogen-bond donors (Lipinski definition) is 0. The summed E-state index contributed by atoms with van der Waals surface area (Å²) >= 11 is 0.